The van der Waals surface area contributed by atoms with E-state index >= 15 is 0 Å². The quantitative estimate of drug-likeness (QED) is 0.415. The molecule has 0 atom stereocenters. The third-order valence-corrected chi connectivity index (χ3v) is 4.75. The van der Waals surface area contributed by atoms with Gasteiger partial charge in [0.25, 0.3) is 5.91 Å². The number of carbonyl (C=O) groups is 2. The summed E-state index contributed by atoms with van der Waals surface area (Å²) in [5, 5.41) is 1.53. The lowest BCUT2D eigenvalue weighted by molar-refractivity contribution is -0.142. The van der Waals surface area contributed by atoms with Crippen LogP contribution in [0.4, 0.5) is 5.69 Å². The number of pyridine rings is 1. The molecule has 0 saturated heterocycles. The van der Waals surface area contributed by atoms with Crippen LogP contribution in [0.15, 0.2) is 55.4 Å². The van der Waals surface area contributed by atoms with Crippen molar-refractivity contribution in [2.45, 2.75) is 6.92 Å². The average molecular weight is 424 g/mol. The summed E-state index contributed by atoms with van der Waals surface area (Å²) in [5.74, 6) is -0.901. The minimum absolute atomic E-state index is 0.214. The summed E-state index contributed by atoms with van der Waals surface area (Å²) < 4.78 is 6.90. The maximum absolute atomic E-state index is 12.4. The zero-order chi connectivity index (χ0) is 21.7. The Kier molecular flexibility index (Phi) is 6.69. The molecular formula is C23H22ClN3O3. The zero-order valence-corrected chi connectivity index (χ0v) is 17.6. The van der Waals surface area contributed by atoms with E-state index in [0.717, 1.165) is 28.2 Å². The molecule has 0 unspecified atom stereocenters. The fourth-order valence-electron chi connectivity index (χ4n) is 3.06. The van der Waals surface area contributed by atoms with E-state index < -0.39 is 11.9 Å². The zero-order valence-electron chi connectivity index (χ0n) is 16.8. The highest BCUT2D eigenvalue weighted by Crippen LogP contribution is 2.26. The van der Waals surface area contributed by atoms with Crippen molar-refractivity contribution in [2.75, 3.05) is 18.1 Å². The number of aromatic nitrogens is 2. The number of fused-ring (bicyclic) bond motifs is 1. The van der Waals surface area contributed by atoms with Crippen molar-refractivity contribution in [1.82, 2.24) is 9.55 Å². The Morgan fingerprint density at radius 1 is 1.27 bits per heavy atom. The molecule has 0 aliphatic heterocycles. The highest BCUT2D eigenvalue weighted by molar-refractivity contribution is 6.30. The minimum atomic E-state index is -0.497. The van der Waals surface area contributed by atoms with Gasteiger partial charge in [-0.25, -0.2) is 4.98 Å². The number of esters is 1. The molecule has 3 rings (SSSR count). The number of rotatable bonds is 7. The number of anilines is 1. The second-order valence-electron chi connectivity index (χ2n) is 6.58. The van der Waals surface area contributed by atoms with Crippen LogP contribution < -0.4 is 4.90 Å². The molecule has 3 aromatic rings. The predicted octanol–water partition coefficient (Wildman–Crippen LogP) is 4.48. The molecule has 2 aromatic heterocycles. The van der Waals surface area contributed by atoms with Crippen LogP contribution in [-0.2, 0) is 21.4 Å². The standard InChI is InChI=1S/C23H22ClN3O3/c1-4-21(28)27(15-22(29)30-5-2)19-12-20-17(14-26(3)23(20)25-13-19)9-6-16-7-10-18(24)11-8-16/h4,6-14H,1,5,15H2,2-3H3/b9-6+. The van der Waals surface area contributed by atoms with Crippen molar-refractivity contribution >= 4 is 52.4 Å². The second-order valence-corrected chi connectivity index (χ2v) is 7.01. The molecule has 0 bridgehead atoms. The number of ether oxygens (including phenoxy) is 1. The Morgan fingerprint density at radius 2 is 2.00 bits per heavy atom. The highest BCUT2D eigenvalue weighted by atomic mass is 35.5. The van der Waals surface area contributed by atoms with E-state index in [1.807, 2.05) is 60.3 Å². The fourth-order valence-corrected chi connectivity index (χ4v) is 3.19. The smallest absolute Gasteiger partial charge is 0.326 e. The van der Waals surface area contributed by atoms with Gasteiger partial charge in [0.1, 0.15) is 12.2 Å². The van der Waals surface area contributed by atoms with Gasteiger partial charge in [0.15, 0.2) is 0 Å². The largest absolute Gasteiger partial charge is 0.465 e. The van der Waals surface area contributed by atoms with Crippen LogP contribution >= 0.6 is 11.6 Å². The molecule has 0 spiro atoms. The lowest BCUT2D eigenvalue weighted by atomic mass is 10.1. The van der Waals surface area contributed by atoms with Gasteiger partial charge in [-0.1, -0.05) is 42.5 Å². The van der Waals surface area contributed by atoms with Crippen LogP contribution in [0.5, 0.6) is 0 Å². The van der Waals surface area contributed by atoms with Crippen molar-refractivity contribution in [3.8, 4) is 0 Å². The number of aryl methyl sites for hydroxylation is 1. The van der Waals surface area contributed by atoms with Crippen molar-refractivity contribution in [2.24, 2.45) is 7.05 Å². The predicted molar refractivity (Wildman–Crippen MR) is 120 cm³/mol. The summed E-state index contributed by atoms with van der Waals surface area (Å²) >= 11 is 5.94. The molecule has 0 aliphatic carbocycles. The molecule has 1 aromatic carbocycles. The maximum Gasteiger partial charge on any atom is 0.326 e. The van der Waals surface area contributed by atoms with Crippen LogP contribution in [0.2, 0.25) is 5.02 Å². The topological polar surface area (TPSA) is 64.4 Å². The molecule has 0 saturated carbocycles. The Morgan fingerprint density at radius 3 is 2.67 bits per heavy atom. The van der Waals surface area contributed by atoms with Gasteiger partial charge < -0.3 is 9.30 Å². The molecule has 30 heavy (non-hydrogen) atoms. The van der Waals surface area contributed by atoms with E-state index in [4.69, 9.17) is 16.3 Å². The molecule has 1 amide bonds. The molecule has 2 heterocycles. The van der Waals surface area contributed by atoms with E-state index in [0.29, 0.717) is 10.7 Å². The highest BCUT2D eigenvalue weighted by Gasteiger charge is 2.19. The Labute approximate surface area is 180 Å². The molecule has 0 fully saturated rings. The molecule has 0 N–H and O–H groups in total. The number of hydrogen-bond acceptors (Lipinski definition) is 4. The van der Waals surface area contributed by atoms with Crippen LogP contribution in [0.25, 0.3) is 23.2 Å². The van der Waals surface area contributed by atoms with Crippen molar-refractivity contribution in [3.63, 3.8) is 0 Å². The summed E-state index contributed by atoms with van der Waals surface area (Å²) in [6.45, 7) is 5.27. The van der Waals surface area contributed by atoms with Crippen LogP contribution in [-0.4, -0.2) is 34.6 Å². The van der Waals surface area contributed by atoms with Crippen molar-refractivity contribution in [1.29, 1.82) is 0 Å². The summed E-state index contributed by atoms with van der Waals surface area (Å²) in [6, 6.07) is 9.36. The maximum atomic E-state index is 12.4. The summed E-state index contributed by atoms with van der Waals surface area (Å²) in [6.07, 6.45) is 8.63. The van der Waals surface area contributed by atoms with Gasteiger partial charge in [0, 0.05) is 29.2 Å². The van der Waals surface area contributed by atoms with E-state index in [1.54, 1.807) is 13.1 Å². The molecular weight excluding hydrogens is 402 g/mol. The van der Waals surface area contributed by atoms with Gasteiger partial charge in [-0.2, -0.15) is 0 Å². The summed E-state index contributed by atoms with van der Waals surface area (Å²) in [4.78, 5) is 30.1. The first-order valence-corrected chi connectivity index (χ1v) is 9.79. The third kappa shape index (κ3) is 4.78. The molecule has 6 nitrogen and oxygen atoms in total. The Balaban J connectivity index is 1.99. The van der Waals surface area contributed by atoms with Gasteiger partial charge >= 0.3 is 5.97 Å². The molecule has 7 heteroatoms. The first-order chi connectivity index (χ1) is 14.4. The first kappa shape index (κ1) is 21.3. The van der Waals surface area contributed by atoms with Crippen LogP contribution in [0, 0.1) is 0 Å². The van der Waals surface area contributed by atoms with E-state index in [9.17, 15) is 9.59 Å². The number of hydrogen-bond donors (Lipinski definition) is 0. The molecule has 0 aliphatic rings. The number of halogens is 1. The molecule has 154 valence electrons. The average Bonchev–Trinajstić information content (AvgIpc) is 3.06. The van der Waals surface area contributed by atoms with Crippen molar-refractivity contribution in [3.05, 3.63) is 71.5 Å². The van der Waals surface area contributed by atoms with E-state index in [2.05, 4.69) is 11.6 Å². The summed E-state index contributed by atoms with van der Waals surface area (Å²) in [7, 11) is 1.90. The van der Waals surface area contributed by atoms with Gasteiger partial charge in [-0.05, 0) is 36.8 Å². The van der Waals surface area contributed by atoms with Gasteiger partial charge in [0.2, 0.25) is 0 Å². The SMILES string of the molecule is C=CC(=O)N(CC(=O)OCC)c1cnc2c(c1)c(/C=C/c1ccc(Cl)cc1)cn2C. The first-order valence-electron chi connectivity index (χ1n) is 9.41. The van der Waals surface area contributed by atoms with Gasteiger partial charge in [-0.3, -0.25) is 14.5 Å². The third-order valence-electron chi connectivity index (χ3n) is 4.50. The van der Waals surface area contributed by atoms with Crippen molar-refractivity contribution < 1.29 is 14.3 Å². The van der Waals surface area contributed by atoms with Gasteiger partial charge in [-0.15, -0.1) is 0 Å². The Bertz CT molecular complexity index is 1120. The lowest BCUT2D eigenvalue weighted by Crippen LogP contribution is -2.35. The normalized spacial score (nSPS) is 11.0. The second kappa shape index (κ2) is 9.41. The number of amides is 1. The van der Waals surface area contributed by atoms with E-state index in [1.165, 1.54) is 4.90 Å². The Hall–Kier alpha value is -3.38. The van der Waals surface area contributed by atoms with E-state index in [-0.39, 0.29) is 13.2 Å². The fraction of sp³-hybridized carbons (Fsp3) is 0.174. The van der Waals surface area contributed by atoms with Crippen LogP contribution in [0.1, 0.15) is 18.1 Å². The number of benzene rings is 1. The van der Waals surface area contributed by atoms with Crippen LogP contribution in [0.3, 0.4) is 0 Å². The number of carbonyl (C=O) groups excluding carboxylic acids is 2. The minimum Gasteiger partial charge on any atom is -0.465 e. The summed E-state index contributed by atoms with van der Waals surface area (Å²) in [5.41, 5.74) is 3.19. The lowest BCUT2D eigenvalue weighted by Gasteiger charge is -2.20. The monoisotopic (exact) mass is 423 g/mol. The molecule has 0 radical (unpaired) electrons. The number of nitrogens with zero attached hydrogens (tertiary/aromatic N) is 3. The van der Waals surface area contributed by atoms with Gasteiger partial charge in [0.05, 0.1) is 18.5 Å².